The molecule has 116 valence electrons. The molecule has 1 atom stereocenters. The lowest BCUT2D eigenvalue weighted by molar-refractivity contribution is -0.120. The molecule has 4 nitrogen and oxygen atoms in total. The first-order valence-electron chi connectivity index (χ1n) is 6.67. The minimum absolute atomic E-state index is 0.173. The largest absolute Gasteiger partial charge is 0.396 e. The zero-order valence-electron chi connectivity index (χ0n) is 12.3. The number of nitrogens with one attached hydrogen (secondary N) is 1. The van der Waals surface area contributed by atoms with Gasteiger partial charge in [0.15, 0.2) is 0 Å². The minimum atomic E-state index is -0.420. The number of halogens is 2. The van der Waals surface area contributed by atoms with Crippen molar-refractivity contribution in [3.63, 3.8) is 0 Å². The van der Waals surface area contributed by atoms with E-state index >= 15 is 0 Å². The van der Waals surface area contributed by atoms with E-state index in [-0.39, 0.29) is 5.91 Å². The summed E-state index contributed by atoms with van der Waals surface area (Å²) < 4.78 is 0. The van der Waals surface area contributed by atoms with Crippen LogP contribution in [-0.4, -0.2) is 24.9 Å². The summed E-state index contributed by atoms with van der Waals surface area (Å²) in [5, 5.41) is 3.44. The third-order valence-electron chi connectivity index (χ3n) is 3.23. The predicted octanol–water partition coefficient (Wildman–Crippen LogP) is 3.82. The van der Waals surface area contributed by atoms with Crippen molar-refractivity contribution in [3.05, 3.63) is 58.1 Å². The number of likely N-dealkylation sites (N-methyl/N-ethyl adjacent to an activating group) is 1. The summed E-state index contributed by atoms with van der Waals surface area (Å²) in [6, 6.07) is 12.3. The molecular weight excluding hydrogens is 321 g/mol. The SMILES string of the molecule is CN(C)[C@@H](C(=O)Nc1cc(Cl)c(N)c(Cl)c1)c1ccccc1. The van der Waals surface area contributed by atoms with Crippen LogP contribution < -0.4 is 11.1 Å². The number of nitrogen functional groups attached to an aromatic ring is 1. The highest BCUT2D eigenvalue weighted by Crippen LogP contribution is 2.31. The van der Waals surface area contributed by atoms with Crippen molar-refractivity contribution in [2.45, 2.75) is 6.04 Å². The molecule has 3 N–H and O–H groups in total. The molecule has 2 aromatic carbocycles. The third-order valence-corrected chi connectivity index (χ3v) is 3.85. The Hall–Kier alpha value is -1.75. The maximum atomic E-state index is 12.6. The van der Waals surface area contributed by atoms with Crippen molar-refractivity contribution in [3.8, 4) is 0 Å². The lowest BCUT2D eigenvalue weighted by atomic mass is 10.1. The van der Waals surface area contributed by atoms with Crippen LogP contribution in [0.2, 0.25) is 10.0 Å². The molecule has 0 aliphatic heterocycles. The molecular formula is C16H17Cl2N3O. The van der Waals surface area contributed by atoms with Gasteiger partial charge in [0.25, 0.3) is 0 Å². The van der Waals surface area contributed by atoms with Crippen LogP contribution >= 0.6 is 23.2 Å². The highest BCUT2D eigenvalue weighted by Gasteiger charge is 2.23. The summed E-state index contributed by atoms with van der Waals surface area (Å²) in [7, 11) is 3.69. The van der Waals surface area contributed by atoms with Gasteiger partial charge in [0.2, 0.25) is 5.91 Å². The quantitative estimate of drug-likeness (QED) is 0.834. The number of benzene rings is 2. The van der Waals surface area contributed by atoms with Gasteiger partial charge in [-0.25, -0.2) is 0 Å². The molecule has 2 rings (SSSR count). The molecule has 0 aliphatic rings. The average molecular weight is 338 g/mol. The Kier molecular flexibility index (Phi) is 5.29. The van der Waals surface area contributed by atoms with E-state index in [1.165, 1.54) is 0 Å². The van der Waals surface area contributed by atoms with Crippen molar-refractivity contribution in [2.24, 2.45) is 0 Å². The Morgan fingerprint density at radius 2 is 1.68 bits per heavy atom. The van der Waals surface area contributed by atoms with Crippen molar-refractivity contribution in [2.75, 3.05) is 25.1 Å². The fraction of sp³-hybridized carbons (Fsp3) is 0.188. The lowest BCUT2D eigenvalue weighted by Crippen LogP contribution is -2.32. The molecule has 0 heterocycles. The molecule has 22 heavy (non-hydrogen) atoms. The van der Waals surface area contributed by atoms with Crippen molar-refractivity contribution in [1.82, 2.24) is 4.90 Å². The Bertz CT molecular complexity index is 651. The van der Waals surface area contributed by atoms with Crippen LogP contribution in [0, 0.1) is 0 Å². The lowest BCUT2D eigenvalue weighted by Gasteiger charge is -2.24. The number of hydrogen-bond donors (Lipinski definition) is 2. The summed E-state index contributed by atoms with van der Waals surface area (Å²) in [6.07, 6.45) is 0. The topological polar surface area (TPSA) is 58.4 Å². The standard InChI is InChI=1S/C16H17Cl2N3O/c1-21(2)15(10-6-4-3-5-7-10)16(22)20-11-8-12(17)14(19)13(18)9-11/h3-9,15H,19H2,1-2H3,(H,20,22)/t15-/m1/s1. The normalized spacial score (nSPS) is 12.2. The Balaban J connectivity index is 2.26. The molecule has 0 saturated carbocycles. The molecule has 6 heteroatoms. The van der Waals surface area contributed by atoms with E-state index in [1.54, 1.807) is 12.1 Å². The van der Waals surface area contributed by atoms with Gasteiger partial charge in [0, 0.05) is 5.69 Å². The predicted molar refractivity (Wildman–Crippen MR) is 92.4 cm³/mol. The number of anilines is 2. The summed E-state index contributed by atoms with van der Waals surface area (Å²) in [6.45, 7) is 0. The van der Waals surface area contributed by atoms with Gasteiger partial charge in [-0.05, 0) is 31.8 Å². The van der Waals surface area contributed by atoms with Gasteiger partial charge >= 0.3 is 0 Å². The van der Waals surface area contributed by atoms with Crippen molar-refractivity contribution >= 4 is 40.5 Å². The van der Waals surface area contributed by atoms with E-state index in [0.717, 1.165) is 5.56 Å². The second-order valence-corrected chi connectivity index (χ2v) is 5.93. The maximum absolute atomic E-state index is 12.6. The van der Waals surface area contributed by atoms with Crippen LogP contribution in [0.15, 0.2) is 42.5 Å². The number of rotatable bonds is 4. The van der Waals surface area contributed by atoms with Crippen LogP contribution in [-0.2, 0) is 4.79 Å². The van der Waals surface area contributed by atoms with Crippen LogP contribution in [0.4, 0.5) is 11.4 Å². The minimum Gasteiger partial charge on any atom is -0.396 e. The molecule has 0 unspecified atom stereocenters. The monoisotopic (exact) mass is 337 g/mol. The molecule has 0 aromatic heterocycles. The third kappa shape index (κ3) is 3.71. The molecule has 1 amide bonds. The molecule has 0 radical (unpaired) electrons. The van der Waals surface area contributed by atoms with E-state index in [2.05, 4.69) is 5.32 Å². The second-order valence-electron chi connectivity index (χ2n) is 5.12. The van der Waals surface area contributed by atoms with E-state index in [1.807, 2.05) is 49.3 Å². The molecule has 0 fully saturated rings. The van der Waals surface area contributed by atoms with Gasteiger partial charge in [-0.1, -0.05) is 53.5 Å². The highest BCUT2D eigenvalue weighted by atomic mass is 35.5. The second kappa shape index (κ2) is 7.01. The van der Waals surface area contributed by atoms with Gasteiger partial charge in [-0.15, -0.1) is 0 Å². The summed E-state index contributed by atoms with van der Waals surface area (Å²) in [4.78, 5) is 14.4. The first-order chi connectivity index (χ1) is 10.4. The molecule has 0 bridgehead atoms. The molecule has 0 spiro atoms. The highest BCUT2D eigenvalue weighted by molar-refractivity contribution is 6.39. The Labute approximate surface area is 139 Å². The van der Waals surface area contributed by atoms with E-state index in [4.69, 9.17) is 28.9 Å². The van der Waals surface area contributed by atoms with Crippen LogP contribution in [0.1, 0.15) is 11.6 Å². The number of hydrogen-bond acceptors (Lipinski definition) is 3. The smallest absolute Gasteiger partial charge is 0.246 e. The maximum Gasteiger partial charge on any atom is 0.246 e. The first kappa shape index (κ1) is 16.6. The zero-order valence-corrected chi connectivity index (χ0v) is 13.8. The first-order valence-corrected chi connectivity index (χ1v) is 7.42. The fourth-order valence-corrected chi connectivity index (χ4v) is 2.67. The van der Waals surface area contributed by atoms with Crippen LogP contribution in [0.5, 0.6) is 0 Å². The van der Waals surface area contributed by atoms with Crippen LogP contribution in [0.3, 0.4) is 0 Å². The van der Waals surface area contributed by atoms with Gasteiger partial charge in [0.1, 0.15) is 6.04 Å². The van der Waals surface area contributed by atoms with Gasteiger partial charge < -0.3 is 11.1 Å². The zero-order chi connectivity index (χ0) is 16.3. The number of carbonyl (C=O) groups is 1. The number of nitrogens with two attached hydrogens (primary N) is 1. The number of nitrogens with zero attached hydrogens (tertiary/aromatic N) is 1. The average Bonchev–Trinajstić information content (AvgIpc) is 2.45. The van der Waals surface area contributed by atoms with Crippen molar-refractivity contribution < 1.29 is 4.79 Å². The van der Waals surface area contributed by atoms with Gasteiger partial charge in [-0.2, -0.15) is 0 Å². The fourth-order valence-electron chi connectivity index (χ4n) is 2.19. The Morgan fingerprint density at radius 1 is 1.14 bits per heavy atom. The van der Waals surface area contributed by atoms with Gasteiger partial charge in [-0.3, -0.25) is 9.69 Å². The number of amides is 1. The molecule has 0 saturated heterocycles. The van der Waals surface area contributed by atoms with Crippen LogP contribution in [0.25, 0.3) is 0 Å². The molecule has 0 aliphatic carbocycles. The summed E-state index contributed by atoms with van der Waals surface area (Å²) >= 11 is 12.0. The Morgan fingerprint density at radius 3 is 2.18 bits per heavy atom. The van der Waals surface area contributed by atoms with E-state index in [9.17, 15) is 4.79 Å². The van der Waals surface area contributed by atoms with Crippen molar-refractivity contribution in [1.29, 1.82) is 0 Å². The summed E-state index contributed by atoms with van der Waals surface area (Å²) in [5.74, 6) is -0.173. The number of carbonyl (C=O) groups excluding carboxylic acids is 1. The van der Waals surface area contributed by atoms with E-state index < -0.39 is 6.04 Å². The van der Waals surface area contributed by atoms with E-state index in [0.29, 0.717) is 21.4 Å². The summed E-state index contributed by atoms with van der Waals surface area (Å²) in [5.41, 5.74) is 7.41. The van der Waals surface area contributed by atoms with Gasteiger partial charge in [0.05, 0.1) is 15.7 Å². The molecule has 2 aromatic rings.